The van der Waals surface area contributed by atoms with Crippen LogP contribution in [0.2, 0.25) is 0 Å². The minimum atomic E-state index is -0.145. The zero-order valence-corrected chi connectivity index (χ0v) is 11.6. The minimum Gasteiger partial charge on any atom is -0.345 e. The molecular formula is C12H19ClN2OS. The molecule has 1 aromatic heterocycles. The molecule has 1 heterocycles. The molecule has 0 bridgehead atoms. The zero-order chi connectivity index (χ0) is 11.6. The molecule has 17 heavy (non-hydrogen) atoms. The number of thiophene rings is 1. The number of rotatable bonds is 3. The fraction of sp³-hybridized carbons (Fsp3) is 0.583. The summed E-state index contributed by atoms with van der Waals surface area (Å²) in [5, 5.41) is 5.08. The van der Waals surface area contributed by atoms with Crippen molar-refractivity contribution in [3.8, 4) is 0 Å². The van der Waals surface area contributed by atoms with E-state index in [4.69, 9.17) is 5.73 Å². The van der Waals surface area contributed by atoms with E-state index in [-0.39, 0.29) is 23.9 Å². The highest BCUT2D eigenvalue weighted by molar-refractivity contribution is 7.12. The third-order valence-corrected chi connectivity index (χ3v) is 4.41. The van der Waals surface area contributed by atoms with Gasteiger partial charge in [-0.3, -0.25) is 4.79 Å². The number of hydrogen-bond acceptors (Lipinski definition) is 3. The van der Waals surface area contributed by atoms with E-state index in [1.807, 2.05) is 18.4 Å². The van der Waals surface area contributed by atoms with Gasteiger partial charge in [0, 0.05) is 6.54 Å². The molecule has 0 unspecified atom stereocenters. The van der Waals surface area contributed by atoms with Crippen LogP contribution < -0.4 is 11.1 Å². The Hall–Kier alpha value is -0.580. The molecule has 5 heteroatoms. The average Bonchev–Trinajstić information content (AvgIpc) is 2.87. The van der Waals surface area contributed by atoms with E-state index in [1.165, 1.54) is 24.2 Å². The fourth-order valence-corrected chi connectivity index (χ4v) is 3.16. The van der Waals surface area contributed by atoms with Gasteiger partial charge in [-0.15, -0.1) is 23.7 Å². The summed E-state index contributed by atoms with van der Waals surface area (Å²) in [7, 11) is 0. The smallest absolute Gasteiger partial charge is 0.262 e. The molecule has 1 aromatic rings. The van der Waals surface area contributed by atoms with Crippen molar-refractivity contribution in [3.63, 3.8) is 0 Å². The van der Waals surface area contributed by atoms with Crippen LogP contribution in [0.1, 0.15) is 40.9 Å². The van der Waals surface area contributed by atoms with Gasteiger partial charge in [-0.25, -0.2) is 0 Å². The lowest BCUT2D eigenvalue weighted by molar-refractivity contribution is 0.0907. The summed E-state index contributed by atoms with van der Waals surface area (Å²) in [6.07, 6.45) is 4.36. The van der Waals surface area contributed by atoms with Crippen molar-refractivity contribution in [2.24, 2.45) is 5.73 Å². The largest absolute Gasteiger partial charge is 0.345 e. The molecule has 96 valence electrons. The number of halogens is 1. The van der Waals surface area contributed by atoms with Crippen LogP contribution in [0.5, 0.6) is 0 Å². The third-order valence-electron chi connectivity index (χ3n) is 3.40. The highest BCUT2D eigenvalue weighted by Gasteiger charge is 2.34. The SMILES string of the molecule is Cc1ccsc1C(=O)NC1(CN)CCCC1.Cl. The first kappa shape index (κ1) is 14.5. The Kier molecular flexibility index (Phi) is 4.98. The molecule has 0 atom stereocenters. The van der Waals surface area contributed by atoms with Gasteiger partial charge in [0.15, 0.2) is 0 Å². The zero-order valence-electron chi connectivity index (χ0n) is 9.99. The second-order valence-corrected chi connectivity index (χ2v) is 5.49. The summed E-state index contributed by atoms with van der Waals surface area (Å²) in [4.78, 5) is 12.9. The van der Waals surface area contributed by atoms with Crippen LogP contribution in [0.3, 0.4) is 0 Å². The molecule has 1 saturated carbocycles. The normalized spacial score (nSPS) is 17.5. The first-order chi connectivity index (χ1) is 7.67. The average molecular weight is 275 g/mol. The lowest BCUT2D eigenvalue weighted by Crippen LogP contribution is -2.51. The molecule has 1 aliphatic rings. The Balaban J connectivity index is 0.00000144. The number of hydrogen-bond donors (Lipinski definition) is 2. The Bertz CT molecular complexity index is 386. The van der Waals surface area contributed by atoms with Crippen LogP contribution in [-0.2, 0) is 0 Å². The summed E-state index contributed by atoms with van der Waals surface area (Å²) >= 11 is 1.50. The Morgan fingerprint density at radius 1 is 1.53 bits per heavy atom. The van der Waals surface area contributed by atoms with E-state index >= 15 is 0 Å². The van der Waals surface area contributed by atoms with Crippen LogP contribution >= 0.6 is 23.7 Å². The topological polar surface area (TPSA) is 55.1 Å². The van der Waals surface area contributed by atoms with Gasteiger partial charge in [-0.1, -0.05) is 12.8 Å². The van der Waals surface area contributed by atoms with Crippen molar-refractivity contribution in [2.45, 2.75) is 38.1 Å². The second-order valence-electron chi connectivity index (χ2n) is 4.58. The maximum absolute atomic E-state index is 12.1. The number of nitrogens with two attached hydrogens (primary N) is 1. The van der Waals surface area contributed by atoms with Gasteiger partial charge < -0.3 is 11.1 Å². The third kappa shape index (κ3) is 3.00. The van der Waals surface area contributed by atoms with Crippen LogP contribution in [0, 0.1) is 6.92 Å². The molecule has 3 nitrogen and oxygen atoms in total. The quantitative estimate of drug-likeness (QED) is 0.890. The van der Waals surface area contributed by atoms with Gasteiger partial charge in [0.2, 0.25) is 0 Å². The Labute approximate surface area is 112 Å². The van der Waals surface area contributed by atoms with E-state index in [2.05, 4.69) is 5.32 Å². The molecule has 0 spiro atoms. The van der Waals surface area contributed by atoms with Crippen molar-refractivity contribution in [2.75, 3.05) is 6.54 Å². The maximum Gasteiger partial charge on any atom is 0.262 e. The molecule has 2 rings (SSSR count). The van der Waals surface area contributed by atoms with E-state index in [0.717, 1.165) is 23.3 Å². The highest BCUT2D eigenvalue weighted by Crippen LogP contribution is 2.29. The van der Waals surface area contributed by atoms with Gasteiger partial charge in [0.25, 0.3) is 5.91 Å². The van der Waals surface area contributed by atoms with Crippen LogP contribution in [-0.4, -0.2) is 18.0 Å². The first-order valence-corrected chi connectivity index (χ1v) is 6.61. The molecule has 3 N–H and O–H groups in total. The number of aryl methyl sites for hydroxylation is 1. The minimum absolute atomic E-state index is 0. The highest BCUT2D eigenvalue weighted by atomic mass is 35.5. The van der Waals surface area contributed by atoms with Crippen LogP contribution in [0.25, 0.3) is 0 Å². The molecule has 0 saturated heterocycles. The predicted octanol–water partition coefficient (Wildman–Crippen LogP) is 2.48. The van der Waals surface area contributed by atoms with Crippen molar-refractivity contribution >= 4 is 29.7 Å². The van der Waals surface area contributed by atoms with Gasteiger partial charge in [0.05, 0.1) is 10.4 Å². The van der Waals surface area contributed by atoms with Crippen molar-refractivity contribution in [3.05, 3.63) is 21.9 Å². The van der Waals surface area contributed by atoms with E-state index < -0.39 is 0 Å². The van der Waals surface area contributed by atoms with E-state index in [0.29, 0.717) is 6.54 Å². The molecule has 1 aliphatic carbocycles. The first-order valence-electron chi connectivity index (χ1n) is 5.73. The summed E-state index contributed by atoms with van der Waals surface area (Å²) in [6.45, 7) is 2.51. The molecule has 1 fully saturated rings. The lowest BCUT2D eigenvalue weighted by atomic mass is 9.97. The molecule has 0 radical (unpaired) electrons. The van der Waals surface area contributed by atoms with Gasteiger partial charge >= 0.3 is 0 Å². The number of carbonyl (C=O) groups is 1. The molecule has 0 aliphatic heterocycles. The van der Waals surface area contributed by atoms with Crippen LogP contribution in [0.4, 0.5) is 0 Å². The van der Waals surface area contributed by atoms with Gasteiger partial charge in [-0.05, 0) is 36.8 Å². The Morgan fingerprint density at radius 3 is 2.65 bits per heavy atom. The Morgan fingerprint density at radius 2 is 2.18 bits per heavy atom. The lowest BCUT2D eigenvalue weighted by Gasteiger charge is -2.28. The van der Waals surface area contributed by atoms with Crippen molar-refractivity contribution in [1.29, 1.82) is 0 Å². The standard InChI is InChI=1S/C12H18N2OS.ClH/c1-9-4-7-16-10(9)11(15)14-12(8-13)5-2-3-6-12;/h4,7H,2-3,5-6,8,13H2,1H3,(H,14,15);1H. The van der Waals surface area contributed by atoms with E-state index in [1.54, 1.807) is 0 Å². The molecule has 0 aromatic carbocycles. The number of amides is 1. The monoisotopic (exact) mass is 274 g/mol. The maximum atomic E-state index is 12.1. The summed E-state index contributed by atoms with van der Waals surface area (Å²) in [5.74, 6) is 0.0415. The second kappa shape index (κ2) is 5.85. The van der Waals surface area contributed by atoms with E-state index in [9.17, 15) is 4.79 Å². The van der Waals surface area contributed by atoms with Gasteiger partial charge in [-0.2, -0.15) is 0 Å². The number of nitrogens with one attached hydrogen (secondary N) is 1. The molecule has 1 amide bonds. The van der Waals surface area contributed by atoms with Crippen molar-refractivity contribution in [1.82, 2.24) is 5.32 Å². The van der Waals surface area contributed by atoms with Gasteiger partial charge in [0.1, 0.15) is 0 Å². The molecular weight excluding hydrogens is 256 g/mol. The summed E-state index contributed by atoms with van der Waals surface area (Å²) in [6, 6.07) is 1.98. The number of carbonyl (C=O) groups excluding carboxylic acids is 1. The fourth-order valence-electron chi connectivity index (χ4n) is 2.33. The summed E-state index contributed by atoms with van der Waals surface area (Å²) in [5.41, 5.74) is 6.70. The van der Waals surface area contributed by atoms with Crippen molar-refractivity contribution < 1.29 is 4.79 Å². The summed E-state index contributed by atoms with van der Waals surface area (Å²) < 4.78 is 0. The predicted molar refractivity (Wildman–Crippen MR) is 74.0 cm³/mol. The van der Waals surface area contributed by atoms with Crippen LogP contribution in [0.15, 0.2) is 11.4 Å².